The highest BCUT2D eigenvalue weighted by Gasteiger charge is 2.44. The molecule has 2 fully saturated rings. The van der Waals surface area contributed by atoms with Crippen LogP contribution < -0.4 is 10.1 Å². The third kappa shape index (κ3) is 5.53. The molecule has 182 valence electrons. The zero-order chi connectivity index (χ0) is 24.2. The molecule has 2 aromatic carbocycles. The second-order valence-corrected chi connectivity index (χ2v) is 9.75. The Hall–Kier alpha value is -2.64. The fraction of sp³-hybridized carbons (Fsp3) is 0.462. The van der Waals surface area contributed by atoms with Crippen molar-refractivity contribution in [2.45, 2.75) is 44.7 Å². The molecule has 0 unspecified atom stereocenters. The highest BCUT2D eigenvalue weighted by molar-refractivity contribution is 6.30. The number of carbonyl (C=O) groups is 2. The lowest BCUT2D eigenvalue weighted by Crippen LogP contribution is -2.50. The van der Waals surface area contributed by atoms with E-state index < -0.39 is 11.9 Å². The van der Waals surface area contributed by atoms with Crippen LogP contribution in [-0.4, -0.2) is 60.1 Å². The van der Waals surface area contributed by atoms with Crippen molar-refractivity contribution in [3.8, 4) is 5.75 Å². The summed E-state index contributed by atoms with van der Waals surface area (Å²) in [5, 5.41) is 3.94. The number of nitrogens with one attached hydrogen (secondary N) is 1. The van der Waals surface area contributed by atoms with Gasteiger partial charge in [0.25, 0.3) is 0 Å². The van der Waals surface area contributed by atoms with Crippen molar-refractivity contribution in [1.29, 1.82) is 0 Å². The number of rotatable bonds is 5. The number of carbonyl (C=O) groups excluding carboxylic acids is 2. The van der Waals surface area contributed by atoms with Crippen LogP contribution in [0.1, 0.15) is 38.2 Å². The summed E-state index contributed by atoms with van der Waals surface area (Å²) in [6.45, 7) is 6.52. The van der Waals surface area contributed by atoms with Gasteiger partial charge in [0.05, 0.1) is 6.04 Å². The van der Waals surface area contributed by atoms with Gasteiger partial charge < -0.3 is 15.0 Å². The van der Waals surface area contributed by atoms with Crippen LogP contribution in [0.2, 0.25) is 5.02 Å². The maximum Gasteiger partial charge on any atom is 0.415 e. The summed E-state index contributed by atoms with van der Waals surface area (Å²) in [5.74, 6) is -0.0406. The van der Waals surface area contributed by atoms with Gasteiger partial charge in [0.2, 0.25) is 5.91 Å². The Balaban J connectivity index is 1.60. The number of benzene rings is 2. The average molecular weight is 488 g/mol. The molecule has 0 aliphatic carbocycles. The van der Waals surface area contributed by atoms with E-state index >= 15 is 0 Å². The van der Waals surface area contributed by atoms with Crippen molar-refractivity contribution in [1.82, 2.24) is 15.1 Å². The molecular formula is C26H31ClFN3O3. The largest absolute Gasteiger partial charge is 0.415 e. The third-order valence-electron chi connectivity index (χ3n) is 6.73. The number of ether oxygens (including phenoxy) is 1. The molecule has 0 radical (unpaired) electrons. The van der Waals surface area contributed by atoms with Crippen molar-refractivity contribution in [2.24, 2.45) is 5.92 Å². The van der Waals surface area contributed by atoms with Crippen LogP contribution in [0.3, 0.4) is 0 Å². The van der Waals surface area contributed by atoms with Gasteiger partial charge in [-0.1, -0.05) is 23.7 Å². The molecule has 0 spiro atoms. The minimum absolute atomic E-state index is 0.00420. The SMILES string of the molecule is CC(C)N(C(=O)Oc1ccc(F)cc1)[C@@H]1CN(C(=O)C2CCNCC2)C[C@H]1c1ccc(Cl)cc1. The van der Waals surface area contributed by atoms with Crippen LogP contribution in [0.5, 0.6) is 5.75 Å². The average Bonchev–Trinajstić information content (AvgIpc) is 3.25. The van der Waals surface area contributed by atoms with E-state index in [0.29, 0.717) is 18.1 Å². The number of halogens is 2. The van der Waals surface area contributed by atoms with Gasteiger partial charge in [-0.3, -0.25) is 9.69 Å². The Labute approximate surface area is 205 Å². The monoisotopic (exact) mass is 487 g/mol. The van der Waals surface area contributed by atoms with Crippen LogP contribution in [-0.2, 0) is 4.79 Å². The Morgan fingerprint density at radius 1 is 1.06 bits per heavy atom. The molecule has 2 atom stereocenters. The van der Waals surface area contributed by atoms with Gasteiger partial charge in [-0.2, -0.15) is 0 Å². The van der Waals surface area contributed by atoms with Gasteiger partial charge in [0, 0.05) is 36.0 Å². The lowest BCUT2D eigenvalue weighted by Gasteiger charge is -2.35. The van der Waals surface area contributed by atoms with Crippen LogP contribution in [0, 0.1) is 11.7 Å². The molecule has 0 saturated carbocycles. The number of likely N-dealkylation sites (tertiary alicyclic amines) is 1. The van der Waals surface area contributed by atoms with E-state index in [1.54, 1.807) is 4.90 Å². The summed E-state index contributed by atoms with van der Waals surface area (Å²) in [6.07, 6.45) is 1.14. The summed E-state index contributed by atoms with van der Waals surface area (Å²) in [7, 11) is 0. The first-order chi connectivity index (χ1) is 16.3. The predicted octanol–water partition coefficient (Wildman–Crippen LogP) is 4.68. The van der Waals surface area contributed by atoms with Gasteiger partial charge in [-0.25, -0.2) is 9.18 Å². The van der Waals surface area contributed by atoms with E-state index in [2.05, 4.69) is 5.32 Å². The minimum atomic E-state index is -0.512. The second kappa shape index (κ2) is 10.7. The molecule has 0 aromatic heterocycles. The zero-order valence-electron chi connectivity index (χ0n) is 19.5. The third-order valence-corrected chi connectivity index (χ3v) is 6.98. The molecule has 2 aromatic rings. The van der Waals surface area contributed by atoms with Crippen molar-refractivity contribution in [3.05, 3.63) is 64.9 Å². The summed E-state index contributed by atoms with van der Waals surface area (Å²) in [6, 6.07) is 12.5. The number of nitrogens with zero attached hydrogens (tertiary/aromatic N) is 2. The van der Waals surface area contributed by atoms with E-state index in [9.17, 15) is 14.0 Å². The van der Waals surface area contributed by atoms with E-state index in [0.717, 1.165) is 31.5 Å². The summed E-state index contributed by atoms with van der Waals surface area (Å²) in [4.78, 5) is 30.3. The summed E-state index contributed by atoms with van der Waals surface area (Å²) >= 11 is 6.12. The number of hydrogen-bond acceptors (Lipinski definition) is 4. The topological polar surface area (TPSA) is 61.9 Å². The molecule has 2 aliphatic rings. The standard InChI is InChI=1S/C26H31ClFN3O3/c1-17(2)31(26(33)34-22-9-7-21(28)8-10-22)24-16-30(25(32)19-11-13-29-14-12-19)15-23(24)18-3-5-20(27)6-4-18/h3-10,17,19,23-24,29H,11-16H2,1-2H3/t23-,24+/m0/s1. The minimum Gasteiger partial charge on any atom is -0.410 e. The number of piperidine rings is 1. The van der Waals surface area contributed by atoms with Gasteiger partial charge in [0.1, 0.15) is 11.6 Å². The molecule has 2 saturated heterocycles. The normalized spacial score (nSPS) is 21.0. The van der Waals surface area contributed by atoms with E-state index in [4.69, 9.17) is 16.3 Å². The Bertz CT molecular complexity index is 993. The fourth-order valence-electron chi connectivity index (χ4n) is 5.00. The van der Waals surface area contributed by atoms with Gasteiger partial charge in [0.15, 0.2) is 0 Å². The van der Waals surface area contributed by atoms with Crippen LogP contribution in [0.25, 0.3) is 0 Å². The van der Waals surface area contributed by atoms with Crippen molar-refractivity contribution in [2.75, 3.05) is 26.2 Å². The molecule has 2 amide bonds. The summed E-state index contributed by atoms with van der Waals surface area (Å²) in [5.41, 5.74) is 1.02. The van der Waals surface area contributed by atoms with E-state index in [1.807, 2.05) is 43.0 Å². The first-order valence-corrected chi connectivity index (χ1v) is 12.2. The fourth-order valence-corrected chi connectivity index (χ4v) is 5.12. The molecule has 2 heterocycles. The zero-order valence-corrected chi connectivity index (χ0v) is 20.3. The lowest BCUT2D eigenvalue weighted by atomic mass is 9.92. The molecular weight excluding hydrogens is 457 g/mol. The van der Waals surface area contributed by atoms with Crippen LogP contribution in [0.4, 0.5) is 9.18 Å². The Kier molecular flexibility index (Phi) is 7.73. The summed E-state index contributed by atoms with van der Waals surface area (Å²) < 4.78 is 18.9. The van der Waals surface area contributed by atoms with Gasteiger partial charge in [-0.15, -0.1) is 0 Å². The van der Waals surface area contributed by atoms with E-state index in [-0.39, 0.29) is 35.6 Å². The molecule has 34 heavy (non-hydrogen) atoms. The Morgan fingerprint density at radius 3 is 2.32 bits per heavy atom. The quantitative estimate of drug-likeness (QED) is 0.665. The molecule has 2 aliphatic heterocycles. The van der Waals surface area contributed by atoms with Crippen molar-refractivity contribution in [3.63, 3.8) is 0 Å². The molecule has 8 heteroatoms. The predicted molar refractivity (Wildman–Crippen MR) is 130 cm³/mol. The second-order valence-electron chi connectivity index (χ2n) is 9.32. The van der Waals surface area contributed by atoms with Crippen LogP contribution >= 0.6 is 11.6 Å². The maximum atomic E-state index is 13.4. The highest BCUT2D eigenvalue weighted by atomic mass is 35.5. The van der Waals surface area contributed by atoms with Crippen molar-refractivity contribution < 1.29 is 18.7 Å². The van der Waals surface area contributed by atoms with Crippen LogP contribution in [0.15, 0.2) is 48.5 Å². The Morgan fingerprint density at radius 2 is 1.71 bits per heavy atom. The highest BCUT2D eigenvalue weighted by Crippen LogP contribution is 2.35. The number of hydrogen-bond donors (Lipinski definition) is 1. The lowest BCUT2D eigenvalue weighted by molar-refractivity contribution is -0.135. The molecule has 1 N–H and O–H groups in total. The first-order valence-electron chi connectivity index (χ1n) is 11.8. The maximum absolute atomic E-state index is 13.4. The first kappa shape index (κ1) is 24.5. The van der Waals surface area contributed by atoms with Gasteiger partial charge >= 0.3 is 6.09 Å². The smallest absolute Gasteiger partial charge is 0.410 e. The van der Waals surface area contributed by atoms with Crippen molar-refractivity contribution >= 4 is 23.6 Å². The van der Waals surface area contributed by atoms with E-state index in [1.165, 1.54) is 24.3 Å². The number of amides is 2. The molecule has 0 bridgehead atoms. The molecule has 4 rings (SSSR count). The van der Waals surface area contributed by atoms with Gasteiger partial charge in [-0.05, 0) is 81.7 Å². The molecule has 6 nitrogen and oxygen atoms in total.